The quantitative estimate of drug-likeness (QED) is 0.533. The number of hydrogen-bond donors (Lipinski definition) is 3. The molecule has 12 heavy (non-hydrogen) atoms. The molecular formula is C6H10O5S. The van der Waals surface area contributed by atoms with Crippen molar-refractivity contribution in [1.29, 1.82) is 0 Å². The summed E-state index contributed by atoms with van der Waals surface area (Å²) in [7, 11) is 0. The molecule has 0 bridgehead atoms. The van der Waals surface area contributed by atoms with E-state index in [1.54, 1.807) is 0 Å². The summed E-state index contributed by atoms with van der Waals surface area (Å²) >= 11 is 0.711. The third-order valence-electron chi connectivity index (χ3n) is 0.997. The van der Waals surface area contributed by atoms with E-state index in [9.17, 15) is 9.59 Å². The molecule has 0 amide bonds. The molecule has 6 heteroatoms. The Bertz CT molecular complexity index is 179. The van der Waals surface area contributed by atoms with E-state index in [0.717, 1.165) is 0 Å². The molecule has 0 saturated carbocycles. The number of carboxylic acids is 2. The maximum Gasteiger partial charge on any atom is 0.317 e. The highest BCUT2D eigenvalue weighted by molar-refractivity contribution is 8.01. The molecule has 0 aromatic carbocycles. The lowest BCUT2D eigenvalue weighted by molar-refractivity contribution is -0.143. The van der Waals surface area contributed by atoms with Crippen molar-refractivity contribution >= 4 is 23.7 Å². The average molecular weight is 194 g/mol. The number of aliphatic hydroxyl groups is 1. The predicted molar refractivity (Wildman–Crippen MR) is 42.9 cm³/mol. The van der Waals surface area contributed by atoms with Crippen LogP contribution in [0.1, 0.15) is 13.3 Å². The van der Waals surface area contributed by atoms with Crippen molar-refractivity contribution in [3.63, 3.8) is 0 Å². The van der Waals surface area contributed by atoms with Gasteiger partial charge in [0.2, 0.25) is 0 Å². The van der Waals surface area contributed by atoms with Crippen molar-refractivity contribution in [1.82, 2.24) is 0 Å². The van der Waals surface area contributed by atoms with Gasteiger partial charge in [-0.2, -0.15) is 0 Å². The van der Waals surface area contributed by atoms with Crippen molar-refractivity contribution in [2.45, 2.75) is 24.0 Å². The molecule has 0 saturated heterocycles. The van der Waals surface area contributed by atoms with Crippen LogP contribution >= 0.6 is 11.8 Å². The van der Waals surface area contributed by atoms with Crippen molar-refractivity contribution in [2.24, 2.45) is 0 Å². The number of thioether (sulfide) groups is 1. The lowest BCUT2D eigenvalue weighted by Crippen LogP contribution is -2.22. The van der Waals surface area contributed by atoms with Crippen molar-refractivity contribution in [3.05, 3.63) is 0 Å². The zero-order chi connectivity index (χ0) is 9.72. The van der Waals surface area contributed by atoms with E-state index in [1.165, 1.54) is 6.92 Å². The zero-order valence-electron chi connectivity index (χ0n) is 6.43. The topological polar surface area (TPSA) is 94.8 Å². The summed E-state index contributed by atoms with van der Waals surface area (Å²) in [4.78, 5) is 20.5. The summed E-state index contributed by atoms with van der Waals surface area (Å²) < 4.78 is 0. The summed E-state index contributed by atoms with van der Waals surface area (Å²) in [6.07, 6.45) is -0.481. The number of rotatable bonds is 5. The minimum absolute atomic E-state index is 0.481. The second-order valence-corrected chi connectivity index (χ2v) is 3.68. The van der Waals surface area contributed by atoms with Gasteiger partial charge in [-0.1, -0.05) is 0 Å². The molecule has 0 rings (SSSR count). The summed E-state index contributed by atoms with van der Waals surface area (Å²) in [5.41, 5.74) is -0.870. The molecule has 5 nitrogen and oxygen atoms in total. The van der Waals surface area contributed by atoms with Crippen LogP contribution in [0.5, 0.6) is 0 Å². The Kier molecular flexibility index (Phi) is 4.68. The molecule has 0 aromatic heterocycles. The average Bonchev–Trinajstić information content (AvgIpc) is 1.83. The molecule has 3 N–H and O–H groups in total. The minimum Gasteiger partial charge on any atom is -0.481 e. The van der Waals surface area contributed by atoms with Gasteiger partial charge in [-0.15, -0.1) is 11.8 Å². The maximum atomic E-state index is 10.4. The molecule has 2 atom stereocenters. The Labute approximate surface area is 73.4 Å². The monoisotopic (exact) mass is 194 g/mol. The predicted octanol–water partition coefficient (Wildman–Crippen LogP) is -0.0142. The highest BCUT2D eigenvalue weighted by Crippen LogP contribution is 2.18. The molecule has 0 radical (unpaired) electrons. The van der Waals surface area contributed by atoms with Crippen LogP contribution in [-0.4, -0.2) is 37.9 Å². The molecule has 0 aliphatic heterocycles. The summed E-state index contributed by atoms with van der Waals surface area (Å²) in [6, 6.07) is 0. The van der Waals surface area contributed by atoms with E-state index >= 15 is 0 Å². The van der Waals surface area contributed by atoms with Gasteiger partial charge in [-0.3, -0.25) is 9.59 Å². The Morgan fingerprint density at radius 1 is 1.42 bits per heavy atom. The number of aliphatic carboxylic acids is 2. The van der Waals surface area contributed by atoms with E-state index in [0.29, 0.717) is 11.8 Å². The fourth-order valence-corrected chi connectivity index (χ4v) is 1.42. The van der Waals surface area contributed by atoms with Gasteiger partial charge in [0.1, 0.15) is 5.25 Å². The summed E-state index contributed by atoms with van der Waals surface area (Å²) in [5, 5.41) is 24.5. The molecule has 0 aliphatic rings. The third kappa shape index (κ3) is 4.97. The maximum absolute atomic E-state index is 10.4. The summed E-state index contributed by atoms with van der Waals surface area (Å²) in [6.45, 7) is 1.39. The van der Waals surface area contributed by atoms with Crippen LogP contribution in [-0.2, 0) is 9.59 Å². The molecule has 0 aliphatic carbocycles. The molecular weight excluding hydrogens is 184 g/mol. The lowest BCUT2D eigenvalue weighted by Gasteiger charge is -2.10. The van der Waals surface area contributed by atoms with Crippen LogP contribution in [0.3, 0.4) is 0 Å². The molecule has 2 unspecified atom stereocenters. The number of aliphatic hydroxyl groups excluding tert-OH is 1. The first-order chi connectivity index (χ1) is 5.43. The van der Waals surface area contributed by atoms with Gasteiger partial charge in [-0.05, 0) is 6.92 Å². The minimum atomic E-state index is -1.22. The molecule has 70 valence electrons. The van der Waals surface area contributed by atoms with Gasteiger partial charge in [-0.25, -0.2) is 0 Å². The van der Waals surface area contributed by atoms with E-state index in [1.807, 2.05) is 0 Å². The van der Waals surface area contributed by atoms with Gasteiger partial charge >= 0.3 is 11.9 Å². The lowest BCUT2D eigenvalue weighted by atomic mass is 10.3. The van der Waals surface area contributed by atoms with Crippen LogP contribution in [0, 0.1) is 0 Å². The fourth-order valence-electron chi connectivity index (χ4n) is 0.590. The second-order valence-electron chi connectivity index (χ2n) is 2.16. The Morgan fingerprint density at radius 2 is 1.92 bits per heavy atom. The van der Waals surface area contributed by atoms with Crippen molar-refractivity contribution in [2.75, 3.05) is 0 Å². The molecule has 0 heterocycles. The van der Waals surface area contributed by atoms with Crippen LogP contribution in [0.2, 0.25) is 0 Å². The standard InChI is InChI=1S/C6H10O5S/c1-3(7)12-4(6(10)11)2-5(8)9/h3-4,7H,2H2,1H3,(H,8,9)(H,10,11). The third-order valence-corrected chi connectivity index (χ3v) is 2.09. The number of hydrogen-bond acceptors (Lipinski definition) is 4. The van der Waals surface area contributed by atoms with E-state index in [-0.39, 0.29) is 0 Å². The largest absolute Gasteiger partial charge is 0.481 e. The van der Waals surface area contributed by atoms with Crippen molar-refractivity contribution < 1.29 is 24.9 Å². The summed E-state index contributed by atoms with van der Waals surface area (Å²) in [5.74, 6) is -2.40. The van der Waals surface area contributed by atoms with Crippen LogP contribution in [0.4, 0.5) is 0 Å². The Morgan fingerprint density at radius 3 is 2.17 bits per heavy atom. The SMILES string of the molecule is CC(O)SC(CC(=O)O)C(=O)O. The first-order valence-corrected chi connectivity index (χ1v) is 4.16. The van der Waals surface area contributed by atoms with Crippen molar-refractivity contribution in [3.8, 4) is 0 Å². The fraction of sp³-hybridized carbons (Fsp3) is 0.667. The first kappa shape index (κ1) is 11.2. The Balaban J connectivity index is 4.04. The van der Waals surface area contributed by atoms with Crippen LogP contribution in [0.25, 0.3) is 0 Å². The van der Waals surface area contributed by atoms with Crippen LogP contribution in [0.15, 0.2) is 0 Å². The second kappa shape index (κ2) is 5.00. The normalized spacial score (nSPS) is 15.2. The Hall–Kier alpha value is -0.750. The first-order valence-electron chi connectivity index (χ1n) is 3.21. The number of carboxylic acid groups (broad SMARTS) is 2. The van der Waals surface area contributed by atoms with Gasteiger partial charge in [0.25, 0.3) is 0 Å². The number of carbonyl (C=O) groups is 2. The molecule has 0 fully saturated rings. The smallest absolute Gasteiger partial charge is 0.317 e. The highest BCUT2D eigenvalue weighted by Gasteiger charge is 2.22. The van der Waals surface area contributed by atoms with E-state index < -0.39 is 29.0 Å². The van der Waals surface area contributed by atoms with Gasteiger partial charge in [0.05, 0.1) is 11.9 Å². The van der Waals surface area contributed by atoms with Gasteiger partial charge in [0, 0.05) is 0 Å². The zero-order valence-corrected chi connectivity index (χ0v) is 7.24. The highest BCUT2D eigenvalue weighted by atomic mass is 32.2. The molecule has 0 aromatic rings. The van der Waals surface area contributed by atoms with E-state index in [2.05, 4.69) is 0 Å². The van der Waals surface area contributed by atoms with Gasteiger partial charge < -0.3 is 15.3 Å². The molecule has 0 spiro atoms. The van der Waals surface area contributed by atoms with Gasteiger partial charge in [0.15, 0.2) is 0 Å². The van der Waals surface area contributed by atoms with E-state index in [4.69, 9.17) is 15.3 Å². The van der Waals surface area contributed by atoms with Crippen LogP contribution < -0.4 is 0 Å².